The Hall–Kier alpha value is -2.25. The zero-order valence-corrected chi connectivity index (χ0v) is 12.3. The number of nitrogens with zero attached hydrogens (tertiary/aromatic N) is 2. The summed E-state index contributed by atoms with van der Waals surface area (Å²) >= 11 is 0. The molecule has 0 saturated heterocycles. The molecule has 0 aliphatic carbocycles. The van der Waals surface area contributed by atoms with Crippen molar-refractivity contribution in [3.63, 3.8) is 0 Å². The van der Waals surface area contributed by atoms with Gasteiger partial charge in [0.05, 0.1) is 6.20 Å². The lowest BCUT2D eigenvalue weighted by molar-refractivity contribution is -0.207. The summed E-state index contributed by atoms with van der Waals surface area (Å²) in [5.41, 5.74) is 0.446. The first-order valence-electron chi connectivity index (χ1n) is 6.58. The van der Waals surface area contributed by atoms with E-state index in [1.807, 2.05) is 6.92 Å². The summed E-state index contributed by atoms with van der Waals surface area (Å²) in [6.45, 7) is 3.52. The van der Waals surface area contributed by atoms with Crippen molar-refractivity contribution in [1.29, 1.82) is 0 Å². The third kappa shape index (κ3) is 3.32. The Morgan fingerprint density at radius 3 is 2.64 bits per heavy atom. The van der Waals surface area contributed by atoms with Crippen molar-refractivity contribution in [3.8, 4) is 0 Å². The maximum Gasteiger partial charge on any atom is 0.429 e. The summed E-state index contributed by atoms with van der Waals surface area (Å²) < 4.78 is 50.3. The van der Waals surface area contributed by atoms with Crippen LogP contribution >= 0.6 is 0 Å². The number of rotatable bonds is 4. The van der Waals surface area contributed by atoms with Gasteiger partial charge in [-0.3, -0.25) is 4.68 Å². The van der Waals surface area contributed by atoms with E-state index in [0.717, 1.165) is 12.4 Å². The molecule has 2 aromatic rings. The fourth-order valence-electron chi connectivity index (χ4n) is 2.04. The highest BCUT2D eigenvalue weighted by atomic mass is 19.4. The molecule has 0 N–H and O–H groups in total. The maximum atomic E-state index is 13.1. The lowest BCUT2D eigenvalue weighted by Crippen LogP contribution is -2.26. The molecular weight excluding hydrogens is 301 g/mol. The van der Waals surface area contributed by atoms with E-state index in [9.17, 15) is 18.0 Å². The van der Waals surface area contributed by atoms with Gasteiger partial charge in [0.1, 0.15) is 5.76 Å². The van der Waals surface area contributed by atoms with Crippen LogP contribution in [0.4, 0.5) is 13.2 Å². The van der Waals surface area contributed by atoms with Gasteiger partial charge >= 0.3 is 12.1 Å². The number of ether oxygens (including phenoxy) is 1. The molecular formula is C14H15F3N2O3. The van der Waals surface area contributed by atoms with E-state index in [-0.39, 0.29) is 11.3 Å². The molecule has 5 nitrogen and oxygen atoms in total. The van der Waals surface area contributed by atoms with Crippen molar-refractivity contribution >= 4 is 5.97 Å². The van der Waals surface area contributed by atoms with Crippen LogP contribution in [0.5, 0.6) is 0 Å². The molecule has 2 rings (SSSR count). The number of aryl methyl sites for hydroxylation is 3. The predicted molar refractivity (Wildman–Crippen MR) is 70.2 cm³/mol. The summed E-state index contributed by atoms with van der Waals surface area (Å²) in [7, 11) is 1.47. The molecule has 0 saturated carbocycles. The molecule has 0 aliphatic rings. The Kier molecular flexibility index (Phi) is 4.30. The summed E-state index contributed by atoms with van der Waals surface area (Å²) in [6.07, 6.45) is -4.44. The van der Waals surface area contributed by atoms with Gasteiger partial charge in [0.2, 0.25) is 11.9 Å². The third-order valence-electron chi connectivity index (χ3n) is 3.09. The Bertz CT molecular complexity index is 673. The molecule has 0 unspecified atom stereocenters. The van der Waals surface area contributed by atoms with Crippen molar-refractivity contribution in [3.05, 3.63) is 41.1 Å². The minimum atomic E-state index is -4.74. The van der Waals surface area contributed by atoms with Crippen LogP contribution in [0.25, 0.3) is 0 Å². The first-order valence-corrected chi connectivity index (χ1v) is 6.58. The summed E-state index contributed by atoms with van der Waals surface area (Å²) in [6, 6.07) is 1.37. The van der Waals surface area contributed by atoms with Gasteiger partial charge in [0, 0.05) is 25.2 Å². The molecule has 2 heterocycles. The van der Waals surface area contributed by atoms with E-state index >= 15 is 0 Å². The predicted octanol–water partition coefficient (Wildman–Crippen LogP) is 3.34. The average molecular weight is 316 g/mol. The van der Waals surface area contributed by atoms with Gasteiger partial charge in [-0.15, -0.1) is 0 Å². The second kappa shape index (κ2) is 5.86. The lowest BCUT2D eigenvalue weighted by atomic mass is 10.2. The lowest BCUT2D eigenvalue weighted by Gasteiger charge is -2.18. The van der Waals surface area contributed by atoms with Gasteiger partial charge in [0.15, 0.2) is 0 Å². The zero-order chi connectivity index (χ0) is 16.5. The van der Waals surface area contributed by atoms with E-state index in [2.05, 4.69) is 9.84 Å². The second-order valence-corrected chi connectivity index (χ2v) is 4.84. The number of furan rings is 1. The average Bonchev–Trinajstić information content (AvgIpc) is 3.00. The number of carbonyl (C=O) groups is 1. The topological polar surface area (TPSA) is 57.3 Å². The number of hydrogen-bond donors (Lipinski definition) is 0. The van der Waals surface area contributed by atoms with Crippen molar-refractivity contribution in [1.82, 2.24) is 9.78 Å². The van der Waals surface area contributed by atoms with Gasteiger partial charge < -0.3 is 9.15 Å². The van der Waals surface area contributed by atoms with Crippen LogP contribution in [0.3, 0.4) is 0 Å². The van der Waals surface area contributed by atoms with Crippen molar-refractivity contribution < 1.29 is 27.1 Å². The SMILES string of the molecule is CCc1oc(C(=O)O[C@@H](c2cnn(C)c2)C(F)(F)F)cc1C. The van der Waals surface area contributed by atoms with Crippen LogP contribution in [0.1, 0.15) is 40.5 Å². The fraction of sp³-hybridized carbons (Fsp3) is 0.429. The van der Waals surface area contributed by atoms with Gasteiger partial charge in [-0.2, -0.15) is 18.3 Å². The fourth-order valence-corrected chi connectivity index (χ4v) is 2.04. The first kappa shape index (κ1) is 16.1. The van der Waals surface area contributed by atoms with E-state index in [0.29, 0.717) is 17.7 Å². The summed E-state index contributed by atoms with van der Waals surface area (Å²) in [5.74, 6) is -0.863. The van der Waals surface area contributed by atoms with Crippen LogP contribution in [0, 0.1) is 6.92 Å². The molecule has 1 atom stereocenters. The van der Waals surface area contributed by atoms with E-state index in [4.69, 9.17) is 4.42 Å². The molecule has 120 valence electrons. The number of esters is 1. The normalized spacial score (nSPS) is 13.2. The zero-order valence-electron chi connectivity index (χ0n) is 12.3. The smallest absolute Gasteiger partial charge is 0.429 e. The van der Waals surface area contributed by atoms with Crippen molar-refractivity contribution in [2.24, 2.45) is 7.05 Å². The number of aromatic nitrogens is 2. The van der Waals surface area contributed by atoms with Gasteiger partial charge in [0.25, 0.3) is 0 Å². The van der Waals surface area contributed by atoms with Crippen LogP contribution in [-0.4, -0.2) is 21.9 Å². The van der Waals surface area contributed by atoms with Gasteiger partial charge in [-0.25, -0.2) is 4.79 Å². The van der Waals surface area contributed by atoms with Crippen LogP contribution < -0.4 is 0 Å². The minimum absolute atomic E-state index is 0.243. The van der Waals surface area contributed by atoms with Crippen LogP contribution in [-0.2, 0) is 18.2 Å². The Balaban J connectivity index is 2.25. The van der Waals surface area contributed by atoms with E-state index in [1.165, 1.54) is 17.8 Å². The Morgan fingerprint density at radius 1 is 1.50 bits per heavy atom. The number of hydrogen-bond acceptors (Lipinski definition) is 4. The highest BCUT2D eigenvalue weighted by Crippen LogP contribution is 2.36. The molecule has 0 aromatic carbocycles. The highest BCUT2D eigenvalue weighted by molar-refractivity contribution is 5.86. The first-order chi connectivity index (χ1) is 10.2. The second-order valence-electron chi connectivity index (χ2n) is 4.84. The standard InChI is InChI=1S/C14H15F3N2O3/c1-4-10-8(2)5-11(21-10)13(20)22-12(14(15,16)17)9-6-18-19(3)7-9/h5-7,12H,4H2,1-3H3/t12-/m0/s1. The number of halogens is 3. The number of carbonyl (C=O) groups excluding carboxylic acids is 1. The molecule has 22 heavy (non-hydrogen) atoms. The van der Waals surface area contributed by atoms with Crippen molar-refractivity contribution in [2.75, 3.05) is 0 Å². The Labute approximate surface area is 124 Å². The van der Waals surface area contributed by atoms with Gasteiger partial charge in [-0.05, 0) is 18.6 Å². The Morgan fingerprint density at radius 2 is 2.18 bits per heavy atom. The van der Waals surface area contributed by atoms with Crippen LogP contribution in [0.15, 0.2) is 22.9 Å². The molecule has 8 heteroatoms. The summed E-state index contributed by atoms with van der Waals surface area (Å²) in [4.78, 5) is 11.9. The maximum absolute atomic E-state index is 13.1. The number of alkyl halides is 3. The van der Waals surface area contributed by atoms with Gasteiger partial charge in [-0.1, -0.05) is 6.92 Å². The molecule has 0 bridgehead atoms. The monoisotopic (exact) mass is 316 g/mol. The quantitative estimate of drug-likeness (QED) is 0.812. The molecule has 0 aliphatic heterocycles. The minimum Gasteiger partial charge on any atom is -0.454 e. The summed E-state index contributed by atoms with van der Waals surface area (Å²) in [5, 5.41) is 3.66. The largest absolute Gasteiger partial charge is 0.454 e. The molecule has 0 fully saturated rings. The molecule has 0 radical (unpaired) electrons. The molecule has 2 aromatic heterocycles. The third-order valence-corrected chi connectivity index (χ3v) is 3.09. The molecule has 0 amide bonds. The highest BCUT2D eigenvalue weighted by Gasteiger charge is 2.45. The van der Waals surface area contributed by atoms with E-state index < -0.39 is 18.2 Å². The van der Waals surface area contributed by atoms with Crippen molar-refractivity contribution in [2.45, 2.75) is 32.5 Å². The van der Waals surface area contributed by atoms with E-state index in [1.54, 1.807) is 6.92 Å². The molecule has 0 spiro atoms. The van der Waals surface area contributed by atoms with Crippen LogP contribution in [0.2, 0.25) is 0 Å².